The summed E-state index contributed by atoms with van der Waals surface area (Å²) in [5.74, 6) is -0.502. The largest absolute Gasteiger partial charge is 0.355 e. The van der Waals surface area contributed by atoms with Crippen LogP contribution in [0.4, 0.5) is 4.39 Å². The van der Waals surface area contributed by atoms with Gasteiger partial charge in [0.15, 0.2) is 15.8 Å². The fourth-order valence-corrected chi connectivity index (χ4v) is 4.22. The van der Waals surface area contributed by atoms with E-state index in [-0.39, 0.29) is 17.2 Å². The van der Waals surface area contributed by atoms with Crippen molar-refractivity contribution in [1.29, 1.82) is 0 Å². The van der Waals surface area contributed by atoms with Crippen LogP contribution in [0.3, 0.4) is 0 Å². The lowest BCUT2D eigenvalue weighted by atomic mass is 10.3. The molecule has 0 aliphatic heterocycles. The monoisotopic (exact) mass is 384 g/mol. The highest BCUT2D eigenvalue weighted by molar-refractivity contribution is 7.91. The summed E-state index contributed by atoms with van der Waals surface area (Å²) in [6, 6.07) is 5.37. The average Bonchev–Trinajstić information content (AvgIpc) is 2.89. The first kappa shape index (κ1) is 19.3. The molecule has 2 N–H and O–H groups in total. The molecule has 0 radical (unpaired) electrons. The average molecular weight is 385 g/mol. The van der Waals surface area contributed by atoms with Gasteiger partial charge in [0, 0.05) is 18.5 Å². The molecule has 0 spiro atoms. The number of nitrogens with zero attached hydrogens (tertiary/aromatic N) is 2. The molecule has 2 aromatic rings. The number of halogens is 1. The van der Waals surface area contributed by atoms with Gasteiger partial charge in [0.05, 0.1) is 18.0 Å². The molecule has 9 heteroatoms. The summed E-state index contributed by atoms with van der Waals surface area (Å²) < 4.78 is 38.0. The molecule has 0 fully saturated rings. The molecule has 1 aromatic heterocycles. The Morgan fingerprint density at radius 2 is 2.00 bits per heavy atom. The van der Waals surface area contributed by atoms with Crippen molar-refractivity contribution in [2.45, 2.75) is 25.3 Å². The summed E-state index contributed by atoms with van der Waals surface area (Å²) in [5, 5.41) is 6.93. The highest BCUT2D eigenvalue weighted by atomic mass is 32.2. The van der Waals surface area contributed by atoms with Crippen molar-refractivity contribution >= 4 is 27.1 Å². The number of guanidine groups is 1. The Balaban J connectivity index is 1.87. The van der Waals surface area contributed by atoms with E-state index in [1.54, 1.807) is 18.4 Å². The second-order valence-electron chi connectivity index (χ2n) is 5.35. The second-order valence-corrected chi connectivity index (χ2v) is 8.72. The van der Waals surface area contributed by atoms with E-state index in [1.807, 2.05) is 13.8 Å². The number of benzene rings is 1. The van der Waals surface area contributed by atoms with Crippen LogP contribution in [0.5, 0.6) is 0 Å². The Morgan fingerprint density at radius 3 is 2.60 bits per heavy atom. The first-order valence-electron chi connectivity index (χ1n) is 7.68. The van der Waals surface area contributed by atoms with Crippen LogP contribution < -0.4 is 10.6 Å². The van der Waals surface area contributed by atoms with E-state index in [1.165, 1.54) is 18.2 Å². The fraction of sp³-hybridized carbons (Fsp3) is 0.375. The van der Waals surface area contributed by atoms with E-state index in [2.05, 4.69) is 20.6 Å². The van der Waals surface area contributed by atoms with Gasteiger partial charge in [-0.25, -0.2) is 17.8 Å². The van der Waals surface area contributed by atoms with Gasteiger partial charge in [0.25, 0.3) is 0 Å². The van der Waals surface area contributed by atoms with Gasteiger partial charge in [0.2, 0.25) is 0 Å². The first-order chi connectivity index (χ1) is 11.8. The molecule has 0 saturated heterocycles. The molecular weight excluding hydrogens is 363 g/mol. The maximum atomic E-state index is 13.6. The molecule has 0 atom stereocenters. The molecule has 0 saturated carbocycles. The van der Waals surface area contributed by atoms with Crippen LogP contribution in [0.15, 0.2) is 34.2 Å². The normalized spacial score (nSPS) is 12.2. The predicted molar refractivity (Wildman–Crippen MR) is 98.2 cm³/mol. The maximum absolute atomic E-state index is 13.6. The molecule has 0 bridgehead atoms. The first-order valence-corrected chi connectivity index (χ1v) is 10.1. The van der Waals surface area contributed by atoms with Crippen LogP contribution in [0.25, 0.3) is 0 Å². The van der Waals surface area contributed by atoms with Crippen molar-refractivity contribution in [2.24, 2.45) is 4.99 Å². The van der Waals surface area contributed by atoms with Crippen molar-refractivity contribution in [3.63, 3.8) is 0 Å². The number of aliphatic imine (C=N–C) groups is 1. The predicted octanol–water partition coefficient (Wildman–Crippen LogP) is 2.04. The van der Waals surface area contributed by atoms with Crippen LogP contribution in [-0.4, -0.2) is 38.7 Å². The molecule has 1 heterocycles. The number of thiazole rings is 1. The summed E-state index contributed by atoms with van der Waals surface area (Å²) in [5.41, 5.74) is 1.00. The Bertz CT molecular complexity index is 843. The molecule has 6 nitrogen and oxygen atoms in total. The number of hydrogen-bond acceptors (Lipinski definition) is 5. The third kappa shape index (κ3) is 5.23. The standard InChI is InChI=1S/C16H21FN4O2S2/c1-11-12(2)24-15(21-11)10-20-16(18-3)19-8-9-25(22,23)14-7-5-4-6-13(14)17/h4-7H,8-10H2,1-3H3,(H2,18,19,20). The van der Waals surface area contributed by atoms with Crippen molar-refractivity contribution in [3.8, 4) is 0 Å². The minimum absolute atomic E-state index is 0.117. The van der Waals surface area contributed by atoms with Crippen molar-refractivity contribution in [2.75, 3.05) is 19.3 Å². The van der Waals surface area contributed by atoms with Crippen molar-refractivity contribution < 1.29 is 12.8 Å². The minimum atomic E-state index is -3.69. The summed E-state index contributed by atoms with van der Waals surface area (Å²) >= 11 is 1.60. The van der Waals surface area contributed by atoms with Crippen LogP contribution >= 0.6 is 11.3 Å². The Labute approximate surface area is 151 Å². The fourth-order valence-electron chi connectivity index (χ4n) is 2.11. The zero-order valence-corrected chi connectivity index (χ0v) is 16.0. The molecule has 2 rings (SSSR count). The zero-order valence-electron chi connectivity index (χ0n) is 14.3. The van der Waals surface area contributed by atoms with Gasteiger partial charge in [0.1, 0.15) is 15.7 Å². The lowest BCUT2D eigenvalue weighted by molar-refractivity contribution is 0.566. The molecule has 0 aliphatic carbocycles. The highest BCUT2D eigenvalue weighted by Crippen LogP contribution is 2.16. The number of sulfone groups is 1. The summed E-state index contributed by atoms with van der Waals surface area (Å²) in [4.78, 5) is 9.34. The van der Waals surface area contributed by atoms with E-state index in [9.17, 15) is 12.8 Å². The lowest BCUT2D eigenvalue weighted by Gasteiger charge is -2.11. The van der Waals surface area contributed by atoms with Crippen LogP contribution in [-0.2, 0) is 16.4 Å². The quantitative estimate of drug-likeness (QED) is 0.588. The third-order valence-corrected chi connectivity index (χ3v) is 6.35. The number of nitrogens with one attached hydrogen (secondary N) is 2. The van der Waals surface area contributed by atoms with Gasteiger partial charge in [-0.3, -0.25) is 4.99 Å². The van der Waals surface area contributed by atoms with Gasteiger partial charge in [-0.1, -0.05) is 12.1 Å². The van der Waals surface area contributed by atoms with E-state index in [0.717, 1.165) is 21.6 Å². The van der Waals surface area contributed by atoms with Crippen LogP contribution in [0.1, 0.15) is 15.6 Å². The molecule has 0 aliphatic rings. The Hall–Kier alpha value is -2.00. The Kier molecular flexibility index (Phi) is 6.49. The molecule has 136 valence electrons. The van der Waals surface area contributed by atoms with Gasteiger partial charge in [-0.05, 0) is 26.0 Å². The lowest BCUT2D eigenvalue weighted by Crippen LogP contribution is -2.39. The summed E-state index contributed by atoms with van der Waals surface area (Å²) in [6.45, 7) is 4.58. The van der Waals surface area contributed by atoms with Gasteiger partial charge >= 0.3 is 0 Å². The topological polar surface area (TPSA) is 83.5 Å². The van der Waals surface area contributed by atoms with Crippen LogP contribution in [0.2, 0.25) is 0 Å². The molecule has 0 unspecified atom stereocenters. The van der Waals surface area contributed by atoms with Crippen molar-refractivity contribution in [1.82, 2.24) is 15.6 Å². The maximum Gasteiger partial charge on any atom is 0.191 e. The smallest absolute Gasteiger partial charge is 0.191 e. The minimum Gasteiger partial charge on any atom is -0.355 e. The number of aromatic nitrogens is 1. The zero-order chi connectivity index (χ0) is 18.4. The van der Waals surface area contributed by atoms with E-state index >= 15 is 0 Å². The molecule has 25 heavy (non-hydrogen) atoms. The molecular formula is C16H21FN4O2S2. The van der Waals surface area contributed by atoms with Crippen LogP contribution in [0, 0.1) is 19.7 Å². The Morgan fingerprint density at radius 1 is 1.28 bits per heavy atom. The summed E-state index contributed by atoms with van der Waals surface area (Å²) in [6.07, 6.45) is 0. The van der Waals surface area contributed by atoms with Gasteiger partial charge in [-0.2, -0.15) is 0 Å². The molecule has 1 aromatic carbocycles. The van der Waals surface area contributed by atoms with Gasteiger partial charge in [-0.15, -0.1) is 11.3 Å². The van der Waals surface area contributed by atoms with E-state index < -0.39 is 15.7 Å². The number of hydrogen-bond donors (Lipinski definition) is 2. The van der Waals surface area contributed by atoms with E-state index in [0.29, 0.717) is 12.5 Å². The molecule has 0 amide bonds. The highest BCUT2D eigenvalue weighted by Gasteiger charge is 2.18. The van der Waals surface area contributed by atoms with Gasteiger partial charge < -0.3 is 10.6 Å². The number of aryl methyl sites for hydroxylation is 2. The second kappa shape index (κ2) is 8.39. The summed E-state index contributed by atoms with van der Waals surface area (Å²) in [7, 11) is -2.10. The third-order valence-electron chi connectivity index (χ3n) is 3.54. The number of rotatable bonds is 6. The van der Waals surface area contributed by atoms with Crippen molar-refractivity contribution in [3.05, 3.63) is 45.7 Å². The SMILES string of the molecule is CN=C(NCCS(=O)(=O)c1ccccc1F)NCc1nc(C)c(C)s1. The van der Waals surface area contributed by atoms with E-state index in [4.69, 9.17) is 0 Å².